The molecule has 0 bridgehead atoms. The van der Waals surface area contributed by atoms with Gasteiger partial charge in [-0.1, -0.05) is 12.1 Å². The third kappa shape index (κ3) is 4.44. The predicted octanol–water partition coefficient (Wildman–Crippen LogP) is 1.76. The van der Waals surface area contributed by atoms with Crippen molar-refractivity contribution in [1.29, 1.82) is 0 Å². The summed E-state index contributed by atoms with van der Waals surface area (Å²) in [5.74, 6) is 0.0887. The van der Waals surface area contributed by atoms with Crippen molar-refractivity contribution in [3.05, 3.63) is 24.3 Å². The van der Waals surface area contributed by atoms with Gasteiger partial charge in [0, 0.05) is 6.61 Å². The number of hydrogen-bond acceptors (Lipinski definition) is 5. The number of carbonyl (C=O) groups is 1. The molecule has 1 unspecified atom stereocenters. The number of carbonyl (C=O) groups excluding carboxylic acids is 1. The zero-order valence-electron chi connectivity index (χ0n) is 10.8. The van der Waals surface area contributed by atoms with Gasteiger partial charge in [0.15, 0.2) is 6.61 Å². The number of anilines is 1. The van der Waals surface area contributed by atoms with Crippen LogP contribution in [0.5, 0.6) is 5.75 Å². The standard InChI is InChI=1S/C14H19NO4/c15-12-6-1-2-7-13(12)18-10-14(16)19-9-11-5-3-4-8-17-11/h1-2,6-7,11H,3-5,8-10,15H2. The van der Waals surface area contributed by atoms with Crippen LogP contribution in [0.4, 0.5) is 5.69 Å². The molecule has 0 aliphatic carbocycles. The average molecular weight is 265 g/mol. The maximum absolute atomic E-state index is 11.5. The molecule has 0 aromatic heterocycles. The minimum absolute atomic E-state index is 0.0273. The Morgan fingerprint density at radius 3 is 2.95 bits per heavy atom. The van der Waals surface area contributed by atoms with Crippen LogP contribution in [-0.2, 0) is 14.3 Å². The van der Waals surface area contributed by atoms with E-state index in [4.69, 9.17) is 19.9 Å². The van der Waals surface area contributed by atoms with Crippen LogP contribution in [0.2, 0.25) is 0 Å². The number of nitrogen functional groups attached to an aromatic ring is 1. The Labute approximate surface area is 112 Å². The Hall–Kier alpha value is -1.75. The molecule has 1 aromatic carbocycles. The van der Waals surface area contributed by atoms with Gasteiger partial charge in [0.05, 0.1) is 11.8 Å². The molecule has 2 N–H and O–H groups in total. The predicted molar refractivity (Wildman–Crippen MR) is 70.9 cm³/mol. The summed E-state index contributed by atoms with van der Waals surface area (Å²) in [4.78, 5) is 11.5. The number of para-hydroxylation sites is 2. The van der Waals surface area contributed by atoms with Crippen LogP contribution in [0.25, 0.3) is 0 Å². The second-order valence-corrected chi connectivity index (χ2v) is 4.50. The molecule has 0 radical (unpaired) electrons. The summed E-state index contributed by atoms with van der Waals surface area (Å²) in [6, 6.07) is 7.04. The molecule has 104 valence electrons. The molecule has 1 aromatic rings. The Morgan fingerprint density at radius 2 is 2.21 bits per heavy atom. The Kier molecular flexibility index (Phi) is 5.03. The van der Waals surface area contributed by atoms with Gasteiger partial charge < -0.3 is 19.9 Å². The van der Waals surface area contributed by atoms with Gasteiger partial charge in [0.25, 0.3) is 0 Å². The van der Waals surface area contributed by atoms with E-state index in [0.717, 1.165) is 25.9 Å². The molecule has 1 aliphatic heterocycles. The minimum atomic E-state index is -0.405. The number of benzene rings is 1. The molecule has 5 heteroatoms. The molecule has 5 nitrogen and oxygen atoms in total. The fraction of sp³-hybridized carbons (Fsp3) is 0.500. The van der Waals surface area contributed by atoms with Crippen LogP contribution in [0, 0.1) is 0 Å². The second-order valence-electron chi connectivity index (χ2n) is 4.50. The highest BCUT2D eigenvalue weighted by Gasteiger charge is 2.16. The van der Waals surface area contributed by atoms with E-state index in [1.165, 1.54) is 0 Å². The van der Waals surface area contributed by atoms with Crippen molar-refractivity contribution in [2.75, 3.05) is 25.6 Å². The van der Waals surface area contributed by atoms with E-state index in [1.807, 2.05) is 0 Å². The van der Waals surface area contributed by atoms with E-state index in [0.29, 0.717) is 18.0 Å². The van der Waals surface area contributed by atoms with Crippen molar-refractivity contribution in [3.63, 3.8) is 0 Å². The third-order valence-corrected chi connectivity index (χ3v) is 2.97. The van der Waals surface area contributed by atoms with Gasteiger partial charge in [-0.2, -0.15) is 0 Å². The zero-order valence-corrected chi connectivity index (χ0v) is 10.8. The Morgan fingerprint density at radius 1 is 1.37 bits per heavy atom. The Bertz CT molecular complexity index is 416. The van der Waals surface area contributed by atoms with Crippen molar-refractivity contribution in [1.82, 2.24) is 0 Å². The van der Waals surface area contributed by atoms with E-state index in [9.17, 15) is 4.79 Å². The molecule has 1 atom stereocenters. The topological polar surface area (TPSA) is 70.8 Å². The van der Waals surface area contributed by atoms with E-state index in [2.05, 4.69) is 0 Å². The molecule has 0 amide bonds. The van der Waals surface area contributed by atoms with Crippen molar-refractivity contribution in [2.24, 2.45) is 0 Å². The van der Waals surface area contributed by atoms with Crippen molar-refractivity contribution in [3.8, 4) is 5.75 Å². The van der Waals surface area contributed by atoms with Gasteiger partial charge in [-0.3, -0.25) is 0 Å². The monoisotopic (exact) mass is 265 g/mol. The SMILES string of the molecule is Nc1ccccc1OCC(=O)OCC1CCCCO1. The highest BCUT2D eigenvalue weighted by Crippen LogP contribution is 2.19. The zero-order chi connectivity index (χ0) is 13.5. The van der Waals surface area contributed by atoms with E-state index in [-0.39, 0.29) is 12.7 Å². The number of nitrogens with two attached hydrogens (primary N) is 1. The lowest BCUT2D eigenvalue weighted by atomic mass is 10.1. The molecular weight excluding hydrogens is 246 g/mol. The lowest BCUT2D eigenvalue weighted by molar-refractivity contribution is -0.151. The van der Waals surface area contributed by atoms with Crippen LogP contribution in [0.1, 0.15) is 19.3 Å². The highest BCUT2D eigenvalue weighted by molar-refractivity contribution is 5.71. The smallest absolute Gasteiger partial charge is 0.344 e. The molecule has 1 aliphatic rings. The summed E-state index contributed by atoms with van der Waals surface area (Å²) in [6.07, 6.45) is 3.18. The fourth-order valence-corrected chi connectivity index (χ4v) is 1.92. The molecular formula is C14H19NO4. The quantitative estimate of drug-likeness (QED) is 0.649. The molecule has 1 heterocycles. The minimum Gasteiger partial charge on any atom is -0.480 e. The van der Waals surface area contributed by atoms with E-state index in [1.54, 1.807) is 24.3 Å². The lowest BCUT2D eigenvalue weighted by Crippen LogP contribution is -2.27. The van der Waals surface area contributed by atoms with Gasteiger partial charge in [-0.25, -0.2) is 4.79 Å². The molecule has 2 rings (SSSR count). The molecule has 1 saturated heterocycles. The van der Waals surface area contributed by atoms with E-state index >= 15 is 0 Å². The first-order valence-electron chi connectivity index (χ1n) is 6.50. The summed E-state index contributed by atoms with van der Waals surface area (Å²) in [6.45, 7) is 0.909. The van der Waals surface area contributed by atoms with Crippen molar-refractivity contribution < 1.29 is 19.0 Å². The maximum atomic E-state index is 11.5. The molecule has 19 heavy (non-hydrogen) atoms. The summed E-state index contributed by atoms with van der Waals surface area (Å²) >= 11 is 0. The summed E-state index contributed by atoms with van der Waals surface area (Å²) in [7, 11) is 0. The highest BCUT2D eigenvalue weighted by atomic mass is 16.6. The van der Waals surface area contributed by atoms with Crippen LogP contribution in [0.3, 0.4) is 0 Å². The van der Waals surface area contributed by atoms with Crippen molar-refractivity contribution >= 4 is 11.7 Å². The van der Waals surface area contributed by atoms with E-state index < -0.39 is 5.97 Å². The van der Waals surface area contributed by atoms with Crippen LogP contribution < -0.4 is 10.5 Å². The summed E-state index contributed by atoms with van der Waals surface area (Å²) in [5, 5.41) is 0. The first-order chi connectivity index (χ1) is 9.25. The largest absolute Gasteiger partial charge is 0.480 e. The van der Waals surface area contributed by atoms with Gasteiger partial charge in [-0.05, 0) is 31.4 Å². The summed E-state index contributed by atoms with van der Waals surface area (Å²) < 4.78 is 15.9. The van der Waals surface area contributed by atoms with Gasteiger partial charge in [0.1, 0.15) is 12.4 Å². The average Bonchev–Trinajstić information content (AvgIpc) is 2.45. The number of ether oxygens (including phenoxy) is 3. The maximum Gasteiger partial charge on any atom is 0.344 e. The van der Waals surface area contributed by atoms with Crippen LogP contribution >= 0.6 is 0 Å². The normalized spacial score (nSPS) is 18.8. The Balaban J connectivity index is 1.68. The first kappa shape index (κ1) is 13.7. The fourth-order valence-electron chi connectivity index (χ4n) is 1.92. The molecule has 1 fully saturated rings. The van der Waals surface area contributed by atoms with Crippen LogP contribution in [-0.4, -0.2) is 31.9 Å². The number of hydrogen-bond donors (Lipinski definition) is 1. The lowest BCUT2D eigenvalue weighted by Gasteiger charge is -2.22. The molecule has 0 spiro atoms. The molecule has 0 saturated carbocycles. The van der Waals surface area contributed by atoms with Crippen LogP contribution in [0.15, 0.2) is 24.3 Å². The second kappa shape index (κ2) is 6.99. The van der Waals surface area contributed by atoms with Gasteiger partial charge in [0.2, 0.25) is 0 Å². The van der Waals surface area contributed by atoms with Gasteiger partial charge in [-0.15, -0.1) is 0 Å². The summed E-state index contributed by atoms with van der Waals surface area (Å²) in [5.41, 5.74) is 6.21. The first-order valence-corrected chi connectivity index (χ1v) is 6.50. The van der Waals surface area contributed by atoms with Crippen molar-refractivity contribution in [2.45, 2.75) is 25.4 Å². The number of esters is 1. The third-order valence-electron chi connectivity index (χ3n) is 2.97. The number of rotatable bonds is 5. The van der Waals surface area contributed by atoms with Gasteiger partial charge >= 0.3 is 5.97 Å².